The molecule has 0 saturated carbocycles. The van der Waals surface area contributed by atoms with Crippen molar-refractivity contribution >= 4 is 62.9 Å². The number of benzene rings is 2. The monoisotopic (exact) mass is 739 g/mol. The number of carboxylic acid groups (broad SMARTS) is 2. The van der Waals surface area contributed by atoms with Crippen molar-refractivity contribution in [1.82, 2.24) is 9.97 Å². The quantitative estimate of drug-likeness (QED) is 0.117. The Morgan fingerprint density at radius 2 is 1.51 bits per heavy atom. The van der Waals surface area contributed by atoms with Crippen molar-refractivity contribution in [3.05, 3.63) is 139 Å². The van der Waals surface area contributed by atoms with Crippen LogP contribution in [0.1, 0.15) is 57.4 Å². The summed E-state index contributed by atoms with van der Waals surface area (Å²) in [5.74, 6) is -2.19. The normalized spacial score (nSPS) is 10.5. The lowest BCUT2D eigenvalue weighted by Crippen LogP contribution is -2.13. The molecule has 13 heteroatoms. The van der Waals surface area contributed by atoms with Crippen LogP contribution in [0.15, 0.2) is 96.0 Å². The summed E-state index contributed by atoms with van der Waals surface area (Å²) >= 11 is 8.24. The van der Waals surface area contributed by atoms with Crippen LogP contribution in [0.4, 0.5) is 5.00 Å². The topological polar surface area (TPSA) is 156 Å². The zero-order chi connectivity index (χ0) is 36.7. The van der Waals surface area contributed by atoms with Gasteiger partial charge in [0.05, 0.1) is 23.4 Å². The third kappa shape index (κ3) is 8.92. The number of Topliss-reactive ketones (excluding diaryl/α,β-unsaturated/α-hetero) is 1. The number of ether oxygens (including phenoxy) is 1. The number of carbonyl (C=O) groups excluding carboxylic acids is 2. The van der Waals surface area contributed by atoms with Crippen molar-refractivity contribution in [1.29, 1.82) is 0 Å². The predicted molar refractivity (Wildman–Crippen MR) is 199 cm³/mol. The molecule has 0 bridgehead atoms. The molecule has 10 nitrogen and oxygen atoms in total. The number of carbonyl (C=O) groups is 4. The molecule has 0 unspecified atom stereocenters. The summed E-state index contributed by atoms with van der Waals surface area (Å²) in [7, 11) is 1.52. The standard InChI is InChI=1S/C20H17NO4S.C18H13ClN2O3S/c1-12-4-3-5-13(8-12)16(22)9-17-19(20(23)24)15(11-26-17)14-6-7-18(25-2)21-10-14;1-10-2-4-11(5-3-10)16(22)21-17-15(18(23)24)13(9-25-17)14-7-6-12(19)8-20-14/h3-8,10-11H,9H2,1-2H3,(H,23,24);2-9H,1H3,(H,21,22)(H,23,24). The molecule has 0 aliphatic rings. The number of rotatable bonds is 10. The molecule has 3 N–H and O–H groups in total. The van der Waals surface area contributed by atoms with Crippen molar-refractivity contribution in [3.63, 3.8) is 0 Å². The van der Waals surface area contributed by atoms with Crippen LogP contribution in [0.2, 0.25) is 5.02 Å². The molecule has 0 aliphatic carbocycles. The number of carboxylic acids is 2. The second-order valence-electron chi connectivity index (χ2n) is 11.2. The van der Waals surface area contributed by atoms with E-state index in [1.165, 1.54) is 24.6 Å². The average Bonchev–Trinajstić information content (AvgIpc) is 3.74. The molecular formula is C38H30ClN3O7S2. The number of hydrogen-bond acceptors (Lipinski definition) is 9. The molecule has 4 heterocycles. The summed E-state index contributed by atoms with van der Waals surface area (Å²) in [6.07, 6.45) is 3.07. The number of anilines is 1. The molecule has 4 aromatic heterocycles. The number of halogens is 1. The van der Waals surface area contributed by atoms with Crippen molar-refractivity contribution in [2.24, 2.45) is 0 Å². The fourth-order valence-corrected chi connectivity index (χ4v) is 7.06. The number of hydrogen-bond donors (Lipinski definition) is 3. The van der Waals surface area contributed by atoms with Crippen LogP contribution in [0.3, 0.4) is 0 Å². The van der Waals surface area contributed by atoms with Crippen molar-refractivity contribution in [2.45, 2.75) is 20.3 Å². The number of ketones is 1. The second kappa shape index (κ2) is 16.3. The molecule has 6 rings (SSSR count). The third-order valence-corrected chi connectivity index (χ3v) is 9.65. The molecule has 0 aliphatic heterocycles. The number of nitrogens with zero attached hydrogens (tertiary/aromatic N) is 2. The summed E-state index contributed by atoms with van der Waals surface area (Å²) in [4.78, 5) is 57.3. The fourth-order valence-electron chi connectivity index (χ4n) is 4.97. The Kier molecular flexibility index (Phi) is 11.7. The highest BCUT2D eigenvalue weighted by Gasteiger charge is 2.23. The first-order valence-electron chi connectivity index (χ1n) is 15.2. The Labute approximate surface area is 306 Å². The Morgan fingerprint density at radius 1 is 0.784 bits per heavy atom. The number of aromatic nitrogens is 2. The number of aromatic carboxylic acids is 2. The van der Waals surface area contributed by atoms with E-state index in [1.807, 2.05) is 44.2 Å². The van der Waals surface area contributed by atoms with Gasteiger partial charge in [0, 0.05) is 63.0 Å². The highest BCUT2D eigenvalue weighted by atomic mass is 35.5. The molecule has 0 radical (unpaired) electrons. The number of thiophene rings is 2. The van der Waals surface area contributed by atoms with Gasteiger partial charge in [-0.15, -0.1) is 22.7 Å². The highest BCUT2D eigenvalue weighted by molar-refractivity contribution is 7.15. The summed E-state index contributed by atoms with van der Waals surface area (Å²) in [6.45, 7) is 3.84. The molecule has 1 amide bonds. The predicted octanol–water partition coefficient (Wildman–Crippen LogP) is 8.97. The number of pyridine rings is 2. The highest BCUT2D eigenvalue weighted by Crippen LogP contribution is 2.36. The smallest absolute Gasteiger partial charge is 0.339 e. The van der Waals surface area contributed by atoms with Crippen LogP contribution in [0.25, 0.3) is 22.4 Å². The third-order valence-electron chi connectivity index (χ3n) is 7.55. The maximum atomic E-state index is 12.6. The van der Waals surface area contributed by atoms with Crippen LogP contribution in [0.5, 0.6) is 5.88 Å². The summed E-state index contributed by atoms with van der Waals surface area (Å²) in [6, 6.07) is 21.0. The van der Waals surface area contributed by atoms with Crippen LogP contribution < -0.4 is 10.1 Å². The first-order chi connectivity index (χ1) is 24.4. The van der Waals surface area contributed by atoms with Crippen molar-refractivity contribution < 1.29 is 34.1 Å². The lowest BCUT2D eigenvalue weighted by molar-refractivity contribution is 0.0687. The molecule has 0 saturated heterocycles. The van der Waals surface area contributed by atoms with Gasteiger partial charge in [-0.1, -0.05) is 53.1 Å². The Balaban J connectivity index is 0.000000198. The second-order valence-corrected chi connectivity index (χ2v) is 13.4. The van der Waals surface area contributed by atoms with E-state index in [2.05, 4.69) is 15.3 Å². The van der Waals surface area contributed by atoms with Gasteiger partial charge in [0.1, 0.15) is 10.6 Å². The minimum atomic E-state index is -1.13. The Hall–Kier alpha value is -5.69. The van der Waals surface area contributed by atoms with E-state index < -0.39 is 11.9 Å². The number of methoxy groups -OCH3 is 1. The van der Waals surface area contributed by atoms with Crippen molar-refractivity contribution in [3.8, 4) is 28.3 Å². The largest absolute Gasteiger partial charge is 0.481 e. The maximum absolute atomic E-state index is 12.6. The van der Waals surface area contributed by atoms with Gasteiger partial charge in [-0.25, -0.2) is 14.6 Å². The molecule has 0 spiro atoms. The van der Waals surface area contributed by atoms with Gasteiger partial charge < -0.3 is 20.3 Å². The van der Waals surface area contributed by atoms with Gasteiger partial charge in [-0.05, 0) is 55.6 Å². The summed E-state index contributed by atoms with van der Waals surface area (Å²) in [5.41, 5.74) is 5.40. The van der Waals surface area contributed by atoms with E-state index in [0.717, 1.165) is 22.5 Å². The van der Waals surface area contributed by atoms with E-state index in [-0.39, 0.29) is 34.2 Å². The van der Waals surface area contributed by atoms with Gasteiger partial charge >= 0.3 is 11.9 Å². The minimum absolute atomic E-state index is 0.0142. The van der Waals surface area contributed by atoms with Gasteiger partial charge in [0.25, 0.3) is 5.91 Å². The first-order valence-corrected chi connectivity index (χ1v) is 17.4. The van der Waals surface area contributed by atoms with Crippen LogP contribution in [-0.2, 0) is 6.42 Å². The molecule has 0 atom stereocenters. The molecule has 258 valence electrons. The van der Waals surface area contributed by atoms with E-state index in [0.29, 0.717) is 49.3 Å². The lowest BCUT2D eigenvalue weighted by Gasteiger charge is -2.06. The number of amides is 1. The summed E-state index contributed by atoms with van der Waals surface area (Å²) < 4.78 is 5.03. The fraction of sp³-hybridized carbons (Fsp3) is 0.105. The van der Waals surface area contributed by atoms with E-state index in [9.17, 15) is 29.4 Å². The number of nitrogens with one attached hydrogen (secondary N) is 1. The van der Waals surface area contributed by atoms with Gasteiger partial charge in [-0.3, -0.25) is 14.6 Å². The van der Waals surface area contributed by atoms with Crippen LogP contribution >= 0.6 is 34.3 Å². The molecular weight excluding hydrogens is 710 g/mol. The lowest BCUT2D eigenvalue weighted by atomic mass is 10.00. The van der Waals surface area contributed by atoms with Gasteiger partial charge in [0.15, 0.2) is 5.78 Å². The van der Waals surface area contributed by atoms with Gasteiger partial charge in [-0.2, -0.15) is 0 Å². The van der Waals surface area contributed by atoms with E-state index in [1.54, 1.807) is 59.4 Å². The van der Waals surface area contributed by atoms with Gasteiger partial charge in [0.2, 0.25) is 5.88 Å². The minimum Gasteiger partial charge on any atom is -0.481 e. The average molecular weight is 740 g/mol. The van der Waals surface area contributed by atoms with Crippen LogP contribution in [0, 0.1) is 13.8 Å². The molecule has 6 aromatic rings. The number of aryl methyl sites for hydroxylation is 2. The van der Waals surface area contributed by atoms with E-state index >= 15 is 0 Å². The molecule has 2 aromatic carbocycles. The SMILES string of the molecule is COc1ccc(-c2csc(CC(=O)c3cccc(C)c3)c2C(=O)O)cn1.Cc1ccc(C(=O)Nc2scc(-c3ccc(Cl)cn3)c2C(=O)O)cc1. The van der Waals surface area contributed by atoms with Crippen molar-refractivity contribution in [2.75, 3.05) is 12.4 Å². The first kappa shape index (κ1) is 36.6. The summed E-state index contributed by atoms with van der Waals surface area (Å²) in [5, 5.41) is 26.1. The Morgan fingerprint density at radius 3 is 2.12 bits per heavy atom. The van der Waals surface area contributed by atoms with E-state index in [4.69, 9.17) is 16.3 Å². The molecule has 51 heavy (non-hydrogen) atoms. The Bertz CT molecular complexity index is 2210. The maximum Gasteiger partial charge on any atom is 0.339 e. The van der Waals surface area contributed by atoms with Crippen LogP contribution in [-0.4, -0.2) is 50.9 Å². The molecule has 0 fully saturated rings. The zero-order valence-electron chi connectivity index (χ0n) is 27.5. The zero-order valence-corrected chi connectivity index (χ0v) is 29.9.